The fraction of sp³-hybridized carbons (Fsp3) is 0.647. The molecule has 1 aromatic heterocycles. The lowest BCUT2D eigenvalue weighted by atomic mass is 9.83. The van der Waals surface area contributed by atoms with Gasteiger partial charge in [0.2, 0.25) is 0 Å². The minimum absolute atomic E-state index is 0.344. The number of carbonyl (C=O) groups is 1. The summed E-state index contributed by atoms with van der Waals surface area (Å²) in [5, 5.41) is 11.2. The summed E-state index contributed by atoms with van der Waals surface area (Å²) in [5.74, 6) is -0.261. The van der Waals surface area contributed by atoms with E-state index in [1.807, 2.05) is 12.1 Å². The van der Waals surface area contributed by atoms with Crippen molar-refractivity contribution >= 4 is 11.7 Å². The fourth-order valence-corrected chi connectivity index (χ4v) is 3.77. The zero-order chi connectivity index (χ0) is 16.1. The minimum atomic E-state index is -0.649. The molecular formula is C17H26N4O2. The second-order valence-corrected chi connectivity index (χ2v) is 6.64. The molecule has 1 saturated heterocycles. The maximum Gasteiger partial charge on any atom is 0.303 e. The standard InChI is InChI=1S/C17H26N4O2/c22-17(23)13-14-1-3-16(4-2-14)20-9-11-21(12-10-20)19-15-5-7-18-8-6-15/h5-8,14,16H,1-4,9-13H2,(H,18,19)(H,22,23). The van der Waals surface area contributed by atoms with Crippen LogP contribution in [0.25, 0.3) is 0 Å². The number of aromatic nitrogens is 1. The molecule has 0 bridgehead atoms. The molecule has 23 heavy (non-hydrogen) atoms. The van der Waals surface area contributed by atoms with Gasteiger partial charge in [0, 0.05) is 51.0 Å². The zero-order valence-corrected chi connectivity index (χ0v) is 13.5. The van der Waals surface area contributed by atoms with Crippen molar-refractivity contribution in [2.75, 3.05) is 31.6 Å². The van der Waals surface area contributed by atoms with E-state index in [4.69, 9.17) is 5.11 Å². The molecule has 2 N–H and O–H groups in total. The number of hydrogen-bond donors (Lipinski definition) is 2. The van der Waals surface area contributed by atoms with E-state index in [0.29, 0.717) is 18.4 Å². The van der Waals surface area contributed by atoms with Gasteiger partial charge in [-0.3, -0.25) is 14.7 Å². The summed E-state index contributed by atoms with van der Waals surface area (Å²) >= 11 is 0. The summed E-state index contributed by atoms with van der Waals surface area (Å²) in [5.41, 5.74) is 4.52. The molecule has 0 unspecified atom stereocenters. The molecule has 2 fully saturated rings. The average molecular weight is 318 g/mol. The third kappa shape index (κ3) is 4.65. The topological polar surface area (TPSA) is 68.7 Å². The van der Waals surface area contributed by atoms with Crippen molar-refractivity contribution in [2.24, 2.45) is 5.92 Å². The lowest BCUT2D eigenvalue weighted by Gasteiger charge is -2.42. The highest BCUT2D eigenvalue weighted by Crippen LogP contribution is 2.30. The van der Waals surface area contributed by atoms with Crippen LogP contribution in [-0.2, 0) is 4.79 Å². The third-order valence-electron chi connectivity index (χ3n) is 5.08. The normalized spacial score (nSPS) is 26.8. The number of hydrazine groups is 1. The second kappa shape index (κ2) is 7.75. The Morgan fingerprint density at radius 2 is 1.78 bits per heavy atom. The Morgan fingerprint density at radius 3 is 2.39 bits per heavy atom. The van der Waals surface area contributed by atoms with Crippen LogP contribution in [0.15, 0.2) is 24.5 Å². The van der Waals surface area contributed by atoms with Crippen LogP contribution in [0.1, 0.15) is 32.1 Å². The van der Waals surface area contributed by atoms with E-state index in [1.54, 1.807) is 12.4 Å². The Hall–Kier alpha value is -1.66. The van der Waals surface area contributed by atoms with Gasteiger partial charge >= 0.3 is 5.97 Å². The Kier molecular flexibility index (Phi) is 5.46. The average Bonchev–Trinajstić information content (AvgIpc) is 2.57. The maximum atomic E-state index is 10.8. The van der Waals surface area contributed by atoms with E-state index >= 15 is 0 Å². The molecular weight excluding hydrogens is 292 g/mol. The van der Waals surface area contributed by atoms with Crippen LogP contribution in [0.4, 0.5) is 5.69 Å². The quantitative estimate of drug-likeness (QED) is 0.866. The van der Waals surface area contributed by atoms with E-state index < -0.39 is 5.97 Å². The van der Waals surface area contributed by atoms with E-state index in [-0.39, 0.29) is 0 Å². The number of pyridine rings is 1. The molecule has 1 aliphatic carbocycles. The van der Waals surface area contributed by atoms with Gasteiger partial charge in [0.05, 0.1) is 5.69 Å². The highest BCUT2D eigenvalue weighted by molar-refractivity contribution is 5.67. The minimum Gasteiger partial charge on any atom is -0.481 e. The number of hydrogen-bond acceptors (Lipinski definition) is 5. The first-order valence-corrected chi connectivity index (χ1v) is 8.58. The van der Waals surface area contributed by atoms with E-state index in [0.717, 1.165) is 57.5 Å². The predicted molar refractivity (Wildman–Crippen MR) is 89.0 cm³/mol. The Balaban J connectivity index is 1.40. The van der Waals surface area contributed by atoms with Crippen LogP contribution < -0.4 is 5.43 Å². The molecule has 6 nitrogen and oxygen atoms in total. The highest BCUT2D eigenvalue weighted by atomic mass is 16.4. The largest absolute Gasteiger partial charge is 0.481 e. The zero-order valence-electron chi connectivity index (χ0n) is 13.5. The number of anilines is 1. The van der Waals surface area contributed by atoms with Crippen molar-refractivity contribution in [1.82, 2.24) is 14.9 Å². The van der Waals surface area contributed by atoms with Gasteiger partial charge in [-0.1, -0.05) is 0 Å². The summed E-state index contributed by atoms with van der Waals surface area (Å²) < 4.78 is 0. The van der Waals surface area contributed by atoms with Crippen molar-refractivity contribution in [1.29, 1.82) is 0 Å². The molecule has 126 valence electrons. The second-order valence-electron chi connectivity index (χ2n) is 6.64. The van der Waals surface area contributed by atoms with Crippen LogP contribution in [0.2, 0.25) is 0 Å². The van der Waals surface area contributed by atoms with Crippen LogP contribution in [0.5, 0.6) is 0 Å². The molecule has 0 amide bonds. The molecule has 2 heterocycles. The smallest absolute Gasteiger partial charge is 0.303 e. The molecule has 0 atom stereocenters. The molecule has 1 aromatic rings. The number of nitrogens with zero attached hydrogens (tertiary/aromatic N) is 3. The van der Waals surface area contributed by atoms with Crippen molar-refractivity contribution in [3.8, 4) is 0 Å². The van der Waals surface area contributed by atoms with Crippen LogP contribution in [-0.4, -0.2) is 58.2 Å². The Morgan fingerprint density at radius 1 is 1.13 bits per heavy atom. The molecule has 2 aliphatic rings. The number of carboxylic acids is 1. The van der Waals surface area contributed by atoms with E-state index in [1.165, 1.54) is 0 Å². The van der Waals surface area contributed by atoms with Gasteiger partial charge < -0.3 is 10.5 Å². The first-order valence-electron chi connectivity index (χ1n) is 8.58. The summed E-state index contributed by atoms with van der Waals surface area (Å²) in [6, 6.07) is 4.61. The molecule has 6 heteroatoms. The number of nitrogens with one attached hydrogen (secondary N) is 1. The third-order valence-corrected chi connectivity index (χ3v) is 5.08. The lowest BCUT2D eigenvalue weighted by molar-refractivity contribution is -0.138. The van der Waals surface area contributed by atoms with E-state index in [9.17, 15) is 4.79 Å². The van der Waals surface area contributed by atoms with Crippen molar-refractivity contribution < 1.29 is 9.90 Å². The van der Waals surface area contributed by atoms with Crippen molar-refractivity contribution in [3.63, 3.8) is 0 Å². The van der Waals surface area contributed by atoms with Crippen LogP contribution in [0, 0.1) is 5.92 Å². The van der Waals surface area contributed by atoms with E-state index in [2.05, 4.69) is 20.3 Å². The SMILES string of the molecule is O=C(O)CC1CCC(N2CCN(Nc3ccncc3)CC2)CC1. The number of rotatable bonds is 5. The first kappa shape index (κ1) is 16.2. The fourth-order valence-electron chi connectivity index (χ4n) is 3.77. The predicted octanol–water partition coefficient (Wildman–Crippen LogP) is 2.06. The number of piperazine rings is 1. The monoisotopic (exact) mass is 318 g/mol. The van der Waals surface area contributed by atoms with Gasteiger partial charge in [0.15, 0.2) is 0 Å². The Bertz CT molecular complexity index is 495. The maximum absolute atomic E-state index is 10.8. The summed E-state index contributed by atoms with van der Waals surface area (Å²) in [6.07, 6.45) is 8.36. The lowest BCUT2D eigenvalue weighted by Crippen LogP contribution is -2.52. The summed E-state index contributed by atoms with van der Waals surface area (Å²) in [4.78, 5) is 17.4. The van der Waals surface area contributed by atoms with Crippen molar-refractivity contribution in [2.45, 2.75) is 38.1 Å². The first-order chi connectivity index (χ1) is 11.2. The summed E-state index contributed by atoms with van der Waals surface area (Å²) in [6.45, 7) is 4.17. The van der Waals surface area contributed by atoms with Gasteiger partial charge in [-0.15, -0.1) is 0 Å². The number of aliphatic carboxylic acids is 1. The molecule has 0 spiro atoms. The van der Waals surface area contributed by atoms with Crippen molar-refractivity contribution in [3.05, 3.63) is 24.5 Å². The summed E-state index contributed by atoms with van der Waals surface area (Å²) in [7, 11) is 0. The van der Waals surface area contributed by atoms with Gasteiger partial charge in [0.1, 0.15) is 0 Å². The van der Waals surface area contributed by atoms with Gasteiger partial charge in [-0.25, -0.2) is 5.01 Å². The molecule has 0 radical (unpaired) electrons. The molecule has 1 saturated carbocycles. The molecule has 0 aromatic carbocycles. The number of carboxylic acid groups (broad SMARTS) is 1. The molecule has 1 aliphatic heterocycles. The highest BCUT2D eigenvalue weighted by Gasteiger charge is 2.29. The van der Waals surface area contributed by atoms with Gasteiger partial charge in [0.25, 0.3) is 0 Å². The Labute approximate surface area is 137 Å². The van der Waals surface area contributed by atoms with Gasteiger partial charge in [-0.2, -0.15) is 0 Å². The van der Waals surface area contributed by atoms with Crippen LogP contribution >= 0.6 is 0 Å². The molecule has 3 rings (SSSR count). The van der Waals surface area contributed by atoms with Gasteiger partial charge in [-0.05, 0) is 43.7 Å². The van der Waals surface area contributed by atoms with Crippen LogP contribution in [0.3, 0.4) is 0 Å².